The zero-order valence-corrected chi connectivity index (χ0v) is 12.5. The lowest BCUT2D eigenvalue weighted by Crippen LogP contribution is -2.45. The molecule has 0 saturated carbocycles. The predicted molar refractivity (Wildman–Crippen MR) is 74.1 cm³/mol. The predicted octanol–water partition coefficient (Wildman–Crippen LogP) is -0.192. The fraction of sp³-hybridized carbons (Fsp3) is 0.636. The second kappa shape index (κ2) is 4.60. The molecule has 2 atom stereocenters. The molecule has 2 aliphatic heterocycles. The molecular formula is C11H17N5O4S. The van der Waals surface area contributed by atoms with Crippen molar-refractivity contribution in [3.8, 4) is 0 Å². The summed E-state index contributed by atoms with van der Waals surface area (Å²) in [5.74, 6) is 0. The molecule has 9 nitrogen and oxygen atoms in total. The summed E-state index contributed by atoms with van der Waals surface area (Å²) in [5.41, 5.74) is 1.06. The molecule has 0 bridgehead atoms. The largest absolute Gasteiger partial charge is 0.465 e. The van der Waals surface area contributed by atoms with Gasteiger partial charge in [0.25, 0.3) is 0 Å². The average molecular weight is 315 g/mol. The summed E-state index contributed by atoms with van der Waals surface area (Å²) < 4.78 is 29.6. The molecule has 0 unspecified atom stereocenters. The standard InChI is InChI=1S/C11H17N5O4S/c1-7-3-13-21(19,20)16(7)9-4-12-15-5-8(2)14(11(17)18)6-10(9)15/h4,7-8,13H,3,5-6H2,1-2H3,(H,17,18)/t7-,8-/m0/s1. The highest BCUT2D eigenvalue weighted by molar-refractivity contribution is 7.91. The summed E-state index contributed by atoms with van der Waals surface area (Å²) in [4.78, 5) is 12.6. The van der Waals surface area contributed by atoms with Crippen LogP contribution in [-0.4, -0.2) is 52.9 Å². The summed E-state index contributed by atoms with van der Waals surface area (Å²) in [6.45, 7) is 4.46. The van der Waals surface area contributed by atoms with Crippen LogP contribution >= 0.6 is 0 Å². The summed E-state index contributed by atoms with van der Waals surface area (Å²) in [6, 6.07) is -0.435. The van der Waals surface area contributed by atoms with Gasteiger partial charge in [0.05, 0.1) is 42.8 Å². The van der Waals surface area contributed by atoms with Crippen molar-refractivity contribution in [2.24, 2.45) is 0 Å². The first-order valence-electron chi connectivity index (χ1n) is 6.64. The zero-order chi connectivity index (χ0) is 15.4. The fourth-order valence-corrected chi connectivity index (χ4v) is 4.36. The van der Waals surface area contributed by atoms with Gasteiger partial charge in [0, 0.05) is 6.54 Å². The summed E-state index contributed by atoms with van der Waals surface area (Å²) in [5, 5.41) is 13.4. The van der Waals surface area contributed by atoms with E-state index < -0.39 is 16.3 Å². The zero-order valence-electron chi connectivity index (χ0n) is 11.7. The number of rotatable bonds is 1. The number of amides is 1. The maximum atomic E-state index is 12.1. The van der Waals surface area contributed by atoms with Gasteiger partial charge in [-0.25, -0.2) is 4.79 Å². The van der Waals surface area contributed by atoms with Crippen molar-refractivity contribution in [1.29, 1.82) is 0 Å². The monoisotopic (exact) mass is 315 g/mol. The van der Waals surface area contributed by atoms with E-state index in [0.29, 0.717) is 24.5 Å². The molecule has 0 radical (unpaired) electrons. The first kappa shape index (κ1) is 14.1. The molecule has 0 spiro atoms. The summed E-state index contributed by atoms with van der Waals surface area (Å²) in [7, 11) is -3.58. The van der Waals surface area contributed by atoms with Gasteiger partial charge in [-0.3, -0.25) is 13.9 Å². The highest BCUT2D eigenvalue weighted by atomic mass is 32.2. The van der Waals surface area contributed by atoms with Crippen molar-refractivity contribution < 1.29 is 18.3 Å². The van der Waals surface area contributed by atoms with Gasteiger partial charge >= 0.3 is 16.3 Å². The highest BCUT2D eigenvalue weighted by Crippen LogP contribution is 2.31. The molecule has 1 aromatic heterocycles. The molecule has 3 rings (SSSR count). The van der Waals surface area contributed by atoms with E-state index in [1.807, 2.05) is 0 Å². The van der Waals surface area contributed by atoms with Gasteiger partial charge in [-0.15, -0.1) is 0 Å². The Balaban J connectivity index is 2.03. The topological polar surface area (TPSA) is 108 Å². The van der Waals surface area contributed by atoms with Crippen LogP contribution in [0.3, 0.4) is 0 Å². The Bertz CT molecular complexity index is 685. The van der Waals surface area contributed by atoms with E-state index in [9.17, 15) is 18.3 Å². The van der Waals surface area contributed by atoms with Crippen LogP contribution in [0.15, 0.2) is 6.20 Å². The normalized spacial score (nSPS) is 27.7. The third-order valence-corrected chi connectivity index (χ3v) is 5.53. The Morgan fingerprint density at radius 1 is 1.43 bits per heavy atom. The molecule has 3 heterocycles. The van der Waals surface area contributed by atoms with Crippen LogP contribution < -0.4 is 9.03 Å². The Labute approximate surface area is 122 Å². The summed E-state index contributed by atoms with van der Waals surface area (Å²) in [6.07, 6.45) is 0.477. The van der Waals surface area contributed by atoms with E-state index >= 15 is 0 Å². The van der Waals surface area contributed by atoms with E-state index in [4.69, 9.17) is 0 Å². The van der Waals surface area contributed by atoms with Crippen LogP contribution in [0.1, 0.15) is 19.5 Å². The van der Waals surface area contributed by atoms with Gasteiger partial charge in [0.2, 0.25) is 0 Å². The van der Waals surface area contributed by atoms with Crippen LogP contribution in [0.4, 0.5) is 10.5 Å². The molecule has 21 heavy (non-hydrogen) atoms. The lowest BCUT2D eigenvalue weighted by Gasteiger charge is -2.33. The lowest BCUT2D eigenvalue weighted by atomic mass is 10.2. The Morgan fingerprint density at radius 2 is 2.14 bits per heavy atom. The fourth-order valence-electron chi connectivity index (χ4n) is 2.81. The van der Waals surface area contributed by atoms with Crippen molar-refractivity contribution in [2.75, 3.05) is 10.8 Å². The number of hydrogen-bond acceptors (Lipinski definition) is 4. The molecule has 0 aromatic carbocycles. The SMILES string of the molecule is C[C@H]1Cn2ncc(N3[C@@H](C)CNS3(=O)=O)c2CN1C(=O)O. The van der Waals surface area contributed by atoms with Gasteiger partial charge in [-0.05, 0) is 13.8 Å². The third-order valence-electron chi connectivity index (χ3n) is 3.92. The van der Waals surface area contributed by atoms with Crippen molar-refractivity contribution >= 4 is 22.0 Å². The number of carbonyl (C=O) groups is 1. The molecule has 116 valence electrons. The van der Waals surface area contributed by atoms with E-state index in [2.05, 4.69) is 9.82 Å². The molecule has 1 fully saturated rings. The van der Waals surface area contributed by atoms with Crippen molar-refractivity contribution in [1.82, 2.24) is 19.4 Å². The van der Waals surface area contributed by atoms with Crippen molar-refractivity contribution in [2.45, 2.75) is 39.0 Å². The van der Waals surface area contributed by atoms with Gasteiger partial charge in [0.1, 0.15) is 0 Å². The highest BCUT2D eigenvalue weighted by Gasteiger charge is 2.39. The molecule has 10 heteroatoms. The molecule has 2 aliphatic rings. The Kier molecular flexibility index (Phi) is 3.10. The summed E-state index contributed by atoms with van der Waals surface area (Å²) >= 11 is 0. The molecule has 1 saturated heterocycles. The quantitative estimate of drug-likeness (QED) is 0.747. The third kappa shape index (κ3) is 2.14. The number of anilines is 1. The Morgan fingerprint density at radius 3 is 2.71 bits per heavy atom. The minimum absolute atomic E-state index is 0.130. The van der Waals surface area contributed by atoms with E-state index in [-0.39, 0.29) is 18.6 Å². The van der Waals surface area contributed by atoms with Crippen LogP contribution in [0.5, 0.6) is 0 Å². The van der Waals surface area contributed by atoms with Crippen molar-refractivity contribution in [3.63, 3.8) is 0 Å². The van der Waals surface area contributed by atoms with Crippen LogP contribution in [0, 0.1) is 0 Å². The second-order valence-electron chi connectivity index (χ2n) is 5.42. The van der Waals surface area contributed by atoms with Gasteiger partial charge in [0.15, 0.2) is 0 Å². The van der Waals surface area contributed by atoms with Gasteiger partial charge in [-0.2, -0.15) is 18.2 Å². The molecule has 0 aliphatic carbocycles. The van der Waals surface area contributed by atoms with Crippen LogP contribution in [-0.2, 0) is 23.3 Å². The smallest absolute Gasteiger partial charge is 0.407 e. The molecular weight excluding hydrogens is 298 g/mol. The minimum atomic E-state index is -3.58. The van der Waals surface area contributed by atoms with E-state index in [1.54, 1.807) is 18.5 Å². The number of carboxylic acid groups (broad SMARTS) is 1. The maximum Gasteiger partial charge on any atom is 0.407 e. The number of fused-ring (bicyclic) bond motifs is 1. The number of nitrogens with zero attached hydrogens (tertiary/aromatic N) is 4. The number of aromatic nitrogens is 2. The first-order chi connectivity index (χ1) is 9.81. The van der Waals surface area contributed by atoms with E-state index in [1.165, 1.54) is 15.4 Å². The number of hydrogen-bond donors (Lipinski definition) is 2. The molecule has 2 N–H and O–H groups in total. The second-order valence-corrected chi connectivity index (χ2v) is 7.05. The first-order valence-corrected chi connectivity index (χ1v) is 8.08. The van der Waals surface area contributed by atoms with Gasteiger partial charge < -0.3 is 5.11 Å². The lowest BCUT2D eigenvalue weighted by molar-refractivity contribution is 0.105. The minimum Gasteiger partial charge on any atom is -0.465 e. The van der Waals surface area contributed by atoms with Crippen LogP contribution in [0.2, 0.25) is 0 Å². The van der Waals surface area contributed by atoms with E-state index in [0.717, 1.165) is 0 Å². The Hall–Kier alpha value is -1.81. The van der Waals surface area contributed by atoms with Crippen LogP contribution in [0.25, 0.3) is 0 Å². The average Bonchev–Trinajstić information content (AvgIpc) is 2.89. The van der Waals surface area contributed by atoms with Crippen molar-refractivity contribution in [3.05, 3.63) is 11.9 Å². The maximum absolute atomic E-state index is 12.1. The molecule has 1 amide bonds. The number of nitrogens with one attached hydrogen (secondary N) is 1. The van der Waals surface area contributed by atoms with Gasteiger partial charge in [-0.1, -0.05) is 0 Å². The molecule has 1 aromatic rings.